The van der Waals surface area contributed by atoms with Gasteiger partial charge in [0, 0.05) is 25.3 Å². The van der Waals surface area contributed by atoms with Crippen molar-refractivity contribution in [1.29, 1.82) is 0 Å². The second kappa shape index (κ2) is 7.54. The Bertz CT molecular complexity index is 1120. The number of methoxy groups -OCH3 is 1. The zero-order valence-electron chi connectivity index (χ0n) is 15.2. The Morgan fingerprint density at radius 1 is 1.07 bits per heavy atom. The van der Waals surface area contributed by atoms with Gasteiger partial charge in [-0.2, -0.15) is 0 Å². The fourth-order valence-electron chi connectivity index (χ4n) is 3.17. The third-order valence-corrected chi connectivity index (χ3v) is 6.48. The number of para-hydroxylation sites is 2. The number of halogens is 1. The van der Waals surface area contributed by atoms with Crippen molar-refractivity contribution in [2.75, 3.05) is 36.1 Å². The van der Waals surface area contributed by atoms with Gasteiger partial charge in [-0.3, -0.25) is 0 Å². The number of ether oxygens (including phenoxy) is 1. The lowest BCUT2D eigenvalue weighted by atomic mass is 10.3. The topological polar surface area (TPSA) is 75.6 Å². The average Bonchev–Trinajstić information content (AvgIpc) is 3.05. The smallest absolute Gasteiger partial charge is 0.267 e. The van der Waals surface area contributed by atoms with Crippen LogP contribution in [0, 0.1) is 0 Å². The van der Waals surface area contributed by atoms with Crippen molar-refractivity contribution in [2.24, 2.45) is 0 Å². The van der Waals surface area contributed by atoms with Crippen molar-refractivity contribution in [3.05, 3.63) is 53.6 Å². The summed E-state index contributed by atoms with van der Waals surface area (Å²) in [6.45, 7) is 1.33. The molecule has 0 saturated heterocycles. The molecular weight excluding hydrogens is 400 g/mol. The molecule has 0 saturated carbocycles. The summed E-state index contributed by atoms with van der Waals surface area (Å²) in [5.41, 5.74) is 1.37. The maximum Gasteiger partial charge on any atom is 0.267 e. The molecule has 0 atom stereocenters. The Kier molecular flexibility index (Phi) is 5.09. The van der Waals surface area contributed by atoms with E-state index >= 15 is 0 Å². The predicted molar refractivity (Wildman–Crippen MR) is 109 cm³/mol. The number of fused-ring (bicyclic) bond motifs is 2. The molecule has 146 valence electrons. The molecule has 1 aromatic heterocycles. The van der Waals surface area contributed by atoms with E-state index in [0.717, 1.165) is 11.9 Å². The lowest BCUT2D eigenvalue weighted by Crippen LogP contribution is -2.36. The quantitative estimate of drug-likeness (QED) is 0.572. The molecule has 0 fully saturated rings. The Morgan fingerprint density at radius 3 is 2.46 bits per heavy atom. The summed E-state index contributed by atoms with van der Waals surface area (Å²) in [5, 5.41) is 0.363. The van der Waals surface area contributed by atoms with Gasteiger partial charge in [-0.05, 0) is 36.8 Å². The van der Waals surface area contributed by atoms with Crippen molar-refractivity contribution in [2.45, 2.75) is 11.3 Å². The minimum absolute atomic E-state index is 0.125. The van der Waals surface area contributed by atoms with E-state index in [9.17, 15) is 8.42 Å². The summed E-state index contributed by atoms with van der Waals surface area (Å²) < 4.78 is 33.0. The molecule has 0 amide bonds. The predicted octanol–water partition coefficient (Wildman–Crippen LogP) is 3.29. The summed E-state index contributed by atoms with van der Waals surface area (Å²) in [7, 11) is -2.19. The van der Waals surface area contributed by atoms with Gasteiger partial charge in [-0.15, -0.1) is 0 Å². The zero-order chi connectivity index (χ0) is 19.7. The molecule has 0 N–H and O–H groups in total. The molecular formula is C19H19ClN4O3S. The van der Waals surface area contributed by atoms with Gasteiger partial charge in [0.25, 0.3) is 10.0 Å². The second-order valence-electron chi connectivity index (χ2n) is 6.42. The molecule has 0 bridgehead atoms. The van der Waals surface area contributed by atoms with Gasteiger partial charge < -0.3 is 9.64 Å². The number of hydrogen-bond donors (Lipinski definition) is 0. The van der Waals surface area contributed by atoms with Crippen molar-refractivity contribution in [1.82, 2.24) is 9.97 Å². The Labute approximate surface area is 168 Å². The molecule has 1 aliphatic heterocycles. The lowest BCUT2D eigenvalue weighted by molar-refractivity contribution is 0.196. The first kappa shape index (κ1) is 18.9. The molecule has 2 aromatic carbocycles. The first-order valence-corrected chi connectivity index (χ1v) is 10.6. The van der Waals surface area contributed by atoms with Crippen LogP contribution in [-0.4, -0.2) is 45.3 Å². The highest BCUT2D eigenvalue weighted by Gasteiger charge is 2.37. The van der Waals surface area contributed by atoms with E-state index in [4.69, 9.17) is 16.3 Å². The van der Waals surface area contributed by atoms with E-state index in [1.165, 1.54) is 16.4 Å². The minimum Gasteiger partial charge on any atom is -0.385 e. The minimum atomic E-state index is -3.83. The van der Waals surface area contributed by atoms with Crippen LogP contribution in [0.1, 0.15) is 6.42 Å². The summed E-state index contributed by atoms with van der Waals surface area (Å²) in [6.07, 6.45) is 0.746. The molecule has 7 nitrogen and oxygen atoms in total. The van der Waals surface area contributed by atoms with Crippen LogP contribution in [0.25, 0.3) is 11.0 Å². The highest BCUT2D eigenvalue weighted by molar-refractivity contribution is 7.92. The average molecular weight is 419 g/mol. The van der Waals surface area contributed by atoms with Crippen LogP contribution in [0.15, 0.2) is 53.4 Å². The van der Waals surface area contributed by atoms with Gasteiger partial charge in [-0.1, -0.05) is 29.8 Å². The number of sulfonamides is 1. The number of benzene rings is 2. The summed E-state index contributed by atoms with van der Waals surface area (Å²) in [6, 6.07) is 13.7. The molecule has 2 heterocycles. The molecule has 9 heteroatoms. The number of anilines is 2. The van der Waals surface area contributed by atoms with Crippen molar-refractivity contribution in [3.63, 3.8) is 0 Å². The standard InChI is InChI=1S/C19H19ClN4O3S/c1-27-11-5-10-23-13-24(28(25,26)15-7-4-6-14(20)12-15)19-18(23)21-16-8-2-3-9-17(16)22-19/h2-4,6-9,12H,5,10-11,13H2,1H3. The van der Waals surface area contributed by atoms with E-state index in [1.54, 1.807) is 19.2 Å². The molecule has 1 aliphatic rings. The Balaban J connectivity index is 1.80. The SMILES string of the molecule is COCCCN1CN(S(=O)(=O)c2cccc(Cl)c2)c2nc3ccccc3nc21. The largest absolute Gasteiger partial charge is 0.385 e. The molecule has 0 radical (unpaired) electrons. The van der Waals surface area contributed by atoms with Crippen molar-refractivity contribution in [3.8, 4) is 0 Å². The van der Waals surface area contributed by atoms with Crippen LogP contribution in [0.4, 0.5) is 11.6 Å². The highest BCUT2D eigenvalue weighted by atomic mass is 35.5. The van der Waals surface area contributed by atoms with Gasteiger partial charge >= 0.3 is 0 Å². The van der Waals surface area contributed by atoms with Crippen LogP contribution in [0.5, 0.6) is 0 Å². The Hall–Kier alpha value is -2.42. The van der Waals surface area contributed by atoms with Crippen LogP contribution in [0.2, 0.25) is 5.02 Å². The Morgan fingerprint density at radius 2 is 1.79 bits per heavy atom. The third-order valence-electron chi connectivity index (χ3n) is 4.53. The van der Waals surface area contributed by atoms with Crippen LogP contribution in [-0.2, 0) is 14.8 Å². The first-order valence-electron chi connectivity index (χ1n) is 8.79. The fraction of sp³-hybridized carbons (Fsp3) is 0.263. The molecule has 4 rings (SSSR count). The maximum absolute atomic E-state index is 13.3. The van der Waals surface area contributed by atoms with Gasteiger partial charge in [0.05, 0.1) is 15.9 Å². The van der Waals surface area contributed by atoms with Crippen molar-refractivity contribution >= 4 is 44.3 Å². The van der Waals surface area contributed by atoms with Crippen LogP contribution < -0.4 is 9.21 Å². The third kappa shape index (κ3) is 3.39. The normalized spacial score (nSPS) is 13.9. The second-order valence-corrected chi connectivity index (χ2v) is 8.72. The molecule has 3 aromatic rings. The van der Waals surface area contributed by atoms with E-state index in [2.05, 4.69) is 9.97 Å². The number of aromatic nitrogens is 2. The monoisotopic (exact) mass is 418 g/mol. The van der Waals surface area contributed by atoms with E-state index in [0.29, 0.717) is 35.3 Å². The van der Waals surface area contributed by atoms with E-state index in [-0.39, 0.29) is 11.6 Å². The number of rotatable bonds is 6. The van der Waals surface area contributed by atoms with Crippen LogP contribution >= 0.6 is 11.6 Å². The summed E-state index contributed by atoms with van der Waals surface area (Å²) >= 11 is 6.01. The van der Waals surface area contributed by atoms with Crippen molar-refractivity contribution < 1.29 is 13.2 Å². The lowest BCUT2D eigenvalue weighted by Gasteiger charge is -2.20. The maximum atomic E-state index is 13.3. The van der Waals surface area contributed by atoms with Gasteiger partial charge in [0.2, 0.25) is 0 Å². The molecule has 0 aliphatic carbocycles. The van der Waals surface area contributed by atoms with E-state index < -0.39 is 10.0 Å². The number of nitrogens with zero attached hydrogens (tertiary/aromatic N) is 4. The molecule has 0 unspecified atom stereocenters. The van der Waals surface area contributed by atoms with E-state index in [1.807, 2.05) is 29.2 Å². The summed E-state index contributed by atoms with van der Waals surface area (Å²) in [5.74, 6) is 0.886. The zero-order valence-corrected chi connectivity index (χ0v) is 16.8. The van der Waals surface area contributed by atoms with Gasteiger partial charge in [0.1, 0.15) is 6.67 Å². The highest BCUT2D eigenvalue weighted by Crippen LogP contribution is 2.37. The van der Waals surface area contributed by atoms with Crippen LogP contribution in [0.3, 0.4) is 0 Å². The van der Waals surface area contributed by atoms with Gasteiger partial charge in [-0.25, -0.2) is 22.7 Å². The fourth-order valence-corrected chi connectivity index (χ4v) is 4.85. The molecule has 28 heavy (non-hydrogen) atoms. The van der Waals surface area contributed by atoms with Gasteiger partial charge in [0.15, 0.2) is 11.6 Å². The summed E-state index contributed by atoms with van der Waals surface area (Å²) in [4.78, 5) is 11.3. The molecule has 0 spiro atoms. The number of hydrogen-bond acceptors (Lipinski definition) is 6. The first-order chi connectivity index (χ1) is 13.5.